The summed E-state index contributed by atoms with van der Waals surface area (Å²) in [5, 5.41) is 7.81. The first-order valence-electron chi connectivity index (χ1n) is 20.6. The van der Waals surface area contributed by atoms with Gasteiger partial charge in [0.15, 0.2) is 0 Å². The number of aromatic nitrogens is 3. The van der Waals surface area contributed by atoms with E-state index in [1.165, 1.54) is 82.3 Å². The second-order valence-electron chi connectivity index (χ2n) is 16.2. The van der Waals surface area contributed by atoms with Crippen LogP contribution in [-0.2, 0) is 11.8 Å². The number of para-hydroxylation sites is 2. The van der Waals surface area contributed by atoms with Crippen molar-refractivity contribution in [1.82, 2.24) is 14.4 Å². The summed E-state index contributed by atoms with van der Waals surface area (Å²) < 4.78 is 2.61. The van der Waals surface area contributed by atoms with Gasteiger partial charge in [-0.1, -0.05) is 170 Å². The van der Waals surface area contributed by atoms with Gasteiger partial charge in [-0.25, -0.2) is 9.97 Å². The molecule has 3 aliphatic rings. The minimum Gasteiger partial charge on any atom is -0.308 e. The Labute approximate surface area is 335 Å². The molecule has 58 heavy (non-hydrogen) atoms. The van der Waals surface area contributed by atoms with E-state index in [0.29, 0.717) is 0 Å². The molecule has 0 bridgehead atoms. The van der Waals surface area contributed by atoms with E-state index >= 15 is 0 Å². The van der Waals surface area contributed by atoms with E-state index in [2.05, 4.69) is 186 Å². The zero-order valence-electron chi connectivity index (χ0n) is 31.9. The number of fused-ring (bicyclic) bond motifs is 12. The van der Waals surface area contributed by atoms with Gasteiger partial charge in [-0.05, 0) is 75.7 Å². The largest absolute Gasteiger partial charge is 0.308 e. The van der Waals surface area contributed by atoms with Crippen molar-refractivity contribution in [2.75, 3.05) is 0 Å². The molecular formula is C55H37N3. The fraction of sp³-hybridized carbons (Fsp3) is 0.0909. The zero-order valence-corrected chi connectivity index (χ0v) is 31.9. The summed E-state index contributed by atoms with van der Waals surface area (Å²) in [7, 11) is 0. The predicted octanol–water partition coefficient (Wildman–Crippen LogP) is 12.3. The van der Waals surface area contributed by atoms with Crippen LogP contribution in [0.1, 0.15) is 52.4 Å². The highest BCUT2D eigenvalue weighted by Gasteiger charge is 2.49. The first-order valence-corrected chi connectivity index (χ1v) is 20.6. The maximum atomic E-state index is 5.43. The molecule has 272 valence electrons. The number of hydrogen-bond acceptors (Lipinski definition) is 2. The van der Waals surface area contributed by atoms with Crippen LogP contribution in [-0.4, -0.2) is 14.4 Å². The lowest BCUT2D eigenvalue weighted by atomic mass is 9.64. The van der Waals surface area contributed by atoms with Gasteiger partial charge >= 0.3 is 0 Å². The Morgan fingerprint density at radius 2 is 1.29 bits per heavy atom. The standard InChI is InChI=1S/C55H37N3/c1-4-15-35(16-5-1)51-44-22-10-12-25-47(44)56-54(57-51)36-28-31-43-46(33-36)55(37-17-6-2-7-18-37,38-19-8-3-9-20-38)45-32-29-34-27-30-42-41-24-14-23-40-39-21-11-13-26-48(39)58(52(40)41)53(42)49(34)50(43)45/h1-13,15-23,25-32,36H,14,24,33H2. The number of rotatable bonds is 4. The maximum Gasteiger partial charge on any atom is 0.136 e. The maximum absolute atomic E-state index is 5.43. The first kappa shape index (κ1) is 32.0. The van der Waals surface area contributed by atoms with Crippen LogP contribution in [0.5, 0.6) is 0 Å². The van der Waals surface area contributed by atoms with Crippen molar-refractivity contribution < 1.29 is 0 Å². The lowest BCUT2D eigenvalue weighted by Crippen LogP contribution is -2.31. The highest BCUT2D eigenvalue weighted by atomic mass is 14.9. The van der Waals surface area contributed by atoms with Crippen molar-refractivity contribution in [1.29, 1.82) is 0 Å². The van der Waals surface area contributed by atoms with Gasteiger partial charge < -0.3 is 4.40 Å². The Hall–Kier alpha value is -7.10. The second-order valence-corrected chi connectivity index (χ2v) is 16.2. The molecule has 0 aliphatic heterocycles. The number of benzene rings is 7. The molecule has 3 heteroatoms. The summed E-state index contributed by atoms with van der Waals surface area (Å²) in [5.74, 6) is 0.845. The van der Waals surface area contributed by atoms with E-state index in [1.807, 2.05) is 0 Å². The number of hydrogen-bond donors (Lipinski definition) is 0. The molecule has 0 saturated carbocycles. The molecule has 0 radical (unpaired) electrons. The monoisotopic (exact) mass is 739 g/mol. The fourth-order valence-corrected chi connectivity index (χ4v) is 11.1. The second kappa shape index (κ2) is 12.0. The average Bonchev–Trinajstić information content (AvgIpc) is 3.93. The molecule has 1 atom stereocenters. The Kier molecular flexibility index (Phi) is 6.60. The van der Waals surface area contributed by atoms with Gasteiger partial charge in [0.2, 0.25) is 0 Å². The van der Waals surface area contributed by atoms with E-state index < -0.39 is 5.41 Å². The molecule has 0 fully saturated rings. The highest BCUT2D eigenvalue weighted by Crippen LogP contribution is 2.60. The number of allylic oxidation sites excluding steroid dienone is 4. The van der Waals surface area contributed by atoms with Crippen LogP contribution in [0.4, 0.5) is 0 Å². The van der Waals surface area contributed by atoms with Crippen LogP contribution in [0.2, 0.25) is 0 Å². The van der Waals surface area contributed by atoms with Crippen molar-refractivity contribution in [3.05, 3.63) is 220 Å². The fourth-order valence-electron chi connectivity index (χ4n) is 11.1. The Morgan fingerprint density at radius 1 is 0.603 bits per heavy atom. The molecule has 0 N–H and O–H groups in total. The molecular weight excluding hydrogens is 703 g/mol. The van der Waals surface area contributed by atoms with Crippen LogP contribution in [0.25, 0.3) is 71.9 Å². The first-order chi connectivity index (χ1) is 28.8. The normalized spacial score (nSPS) is 16.7. The summed E-state index contributed by atoms with van der Waals surface area (Å²) in [6.45, 7) is 0. The molecule has 0 amide bonds. The van der Waals surface area contributed by atoms with E-state index in [-0.39, 0.29) is 5.92 Å². The SMILES string of the molecule is C1=CC(c2nc(-c3ccccc3)c3ccccc3n2)CC2=C1c1c(ccc3ccc4c5c6c(c7ccccc7n6c4c13)=CCC5)C2(c1ccccc1)c1ccccc1. The Bertz CT molecular complexity index is 3430. The highest BCUT2D eigenvalue weighted by molar-refractivity contribution is 6.19. The minimum atomic E-state index is -0.522. The predicted molar refractivity (Wildman–Crippen MR) is 239 cm³/mol. The van der Waals surface area contributed by atoms with Gasteiger partial charge in [-0.15, -0.1) is 0 Å². The number of aryl methyl sites for hydroxylation is 1. The van der Waals surface area contributed by atoms with E-state index in [4.69, 9.17) is 9.97 Å². The van der Waals surface area contributed by atoms with Crippen molar-refractivity contribution >= 4 is 60.6 Å². The number of nitrogens with zero attached hydrogens (tertiary/aromatic N) is 3. The van der Waals surface area contributed by atoms with Crippen LogP contribution in [0.3, 0.4) is 0 Å². The topological polar surface area (TPSA) is 30.2 Å². The van der Waals surface area contributed by atoms with Gasteiger partial charge in [0.05, 0.1) is 33.2 Å². The zero-order chi connectivity index (χ0) is 38.0. The van der Waals surface area contributed by atoms with E-state index in [0.717, 1.165) is 47.2 Å². The van der Waals surface area contributed by atoms with Gasteiger partial charge in [0, 0.05) is 38.2 Å². The van der Waals surface area contributed by atoms with Gasteiger partial charge in [-0.3, -0.25) is 0 Å². The smallest absolute Gasteiger partial charge is 0.136 e. The molecule has 7 aromatic carbocycles. The Morgan fingerprint density at radius 3 is 2.09 bits per heavy atom. The minimum absolute atomic E-state index is 0.0176. The third kappa shape index (κ3) is 4.18. The molecule has 3 heterocycles. The molecule has 13 rings (SSSR count). The van der Waals surface area contributed by atoms with Crippen molar-refractivity contribution in [3.8, 4) is 11.3 Å². The quantitative estimate of drug-likeness (QED) is 0.180. The van der Waals surface area contributed by atoms with Crippen LogP contribution in [0.15, 0.2) is 182 Å². The lowest BCUT2D eigenvalue weighted by Gasteiger charge is -2.37. The van der Waals surface area contributed by atoms with Crippen molar-refractivity contribution in [2.45, 2.75) is 30.6 Å². The van der Waals surface area contributed by atoms with Gasteiger partial charge in [0.1, 0.15) is 5.82 Å². The van der Waals surface area contributed by atoms with Crippen molar-refractivity contribution in [3.63, 3.8) is 0 Å². The third-order valence-corrected chi connectivity index (χ3v) is 13.4. The van der Waals surface area contributed by atoms with Crippen LogP contribution < -0.4 is 5.22 Å². The molecule has 0 saturated heterocycles. The molecule has 3 aliphatic carbocycles. The molecule has 0 spiro atoms. The summed E-state index contributed by atoms with van der Waals surface area (Å²) in [4.78, 5) is 10.8. The summed E-state index contributed by atoms with van der Waals surface area (Å²) in [6, 6.07) is 60.1. The molecule has 10 aromatic rings. The van der Waals surface area contributed by atoms with Crippen LogP contribution >= 0.6 is 0 Å². The lowest BCUT2D eigenvalue weighted by molar-refractivity contribution is 0.651. The summed E-state index contributed by atoms with van der Waals surface area (Å²) in [5.41, 5.74) is 16.0. The Balaban J connectivity index is 1.14. The average molecular weight is 740 g/mol. The molecule has 3 nitrogen and oxygen atoms in total. The third-order valence-electron chi connectivity index (χ3n) is 13.4. The van der Waals surface area contributed by atoms with Gasteiger partial charge in [-0.2, -0.15) is 0 Å². The van der Waals surface area contributed by atoms with Crippen LogP contribution in [0, 0.1) is 0 Å². The summed E-state index contributed by atoms with van der Waals surface area (Å²) >= 11 is 0. The van der Waals surface area contributed by atoms with Crippen molar-refractivity contribution in [2.24, 2.45) is 0 Å². The molecule has 3 aromatic heterocycles. The van der Waals surface area contributed by atoms with E-state index in [1.54, 1.807) is 0 Å². The summed E-state index contributed by atoms with van der Waals surface area (Å²) in [6.07, 6.45) is 10.2. The van der Waals surface area contributed by atoms with E-state index in [9.17, 15) is 0 Å². The van der Waals surface area contributed by atoms with Gasteiger partial charge in [0.25, 0.3) is 0 Å². The molecule has 1 unspecified atom stereocenters.